The van der Waals surface area contributed by atoms with E-state index in [-0.39, 0.29) is 11.3 Å². The SMILES string of the molecule is CCSc1nnc(NC(=O)C(CC)Oc2ccc(C(C)(C)C)cc2)s1. The van der Waals surface area contributed by atoms with Gasteiger partial charge in [-0.1, -0.05) is 69.9 Å². The number of thioether (sulfide) groups is 1. The molecule has 0 aliphatic heterocycles. The molecule has 7 heteroatoms. The van der Waals surface area contributed by atoms with Gasteiger partial charge in [0, 0.05) is 0 Å². The zero-order valence-corrected chi connectivity index (χ0v) is 17.0. The van der Waals surface area contributed by atoms with E-state index in [9.17, 15) is 4.79 Å². The third-order valence-corrected chi connectivity index (χ3v) is 5.42. The molecule has 1 amide bonds. The van der Waals surface area contributed by atoms with E-state index >= 15 is 0 Å². The fourth-order valence-electron chi connectivity index (χ4n) is 2.15. The minimum absolute atomic E-state index is 0.0894. The van der Waals surface area contributed by atoms with Crippen LogP contribution < -0.4 is 10.1 Å². The summed E-state index contributed by atoms with van der Waals surface area (Å²) in [6.07, 6.45) is 0.00838. The molecule has 0 aliphatic rings. The predicted octanol–water partition coefficient (Wildman–Crippen LogP) is 4.74. The largest absolute Gasteiger partial charge is 0.481 e. The highest BCUT2D eigenvalue weighted by atomic mass is 32.2. The van der Waals surface area contributed by atoms with E-state index in [0.717, 1.165) is 10.1 Å². The number of rotatable bonds is 7. The van der Waals surface area contributed by atoms with Crippen LogP contribution in [0.4, 0.5) is 5.13 Å². The van der Waals surface area contributed by atoms with Crippen molar-refractivity contribution < 1.29 is 9.53 Å². The third kappa shape index (κ3) is 5.71. The zero-order valence-electron chi connectivity index (χ0n) is 15.3. The Labute approximate surface area is 157 Å². The molecule has 25 heavy (non-hydrogen) atoms. The number of carbonyl (C=O) groups excluding carboxylic acids is 1. The number of hydrogen-bond acceptors (Lipinski definition) is 6. The second-order valence-electron chi connectivity index (χ2n) is 6.58. The van der Waals surface area contributed by atoms with Crippen molar-refractivity contribution in [3.8, 4) is 5.75 Å². The Morgan fingerprint density at radius 1 is 1.24 bits per heavy atom. The van der Waals surface area contributed by atoms with Crippen molar-refractivity contribution in [2.45, 2.75) is 56.9 Å². The quantitative estimate of drug-likeness (QED) is 0.556. The number of nitrogens with one attached hydrogen (secondary N) is 1. The van der Waals surface area contributed by atoms with Crippen molar-refractivity contribution in [1.82, 2.24) is 10.2 Å². The number of amides is 1. The molecular formula is C18H25N3O2S2. The second-order valence-corrected chi connectivity index (χ2v) is 9.07. The first kappa shape index (κ1) is 19.7. The smallest absolute Gasteiger partial charge is 0.267 e. The number of carbonyl (C=O) groups is 1. The fraction of sp³-hybridized carbons (Fsp3) is 0.500. The molecule has 1 heterocycles. The lowest BCUT2D eigenvalue weighted by atomic mass is 9.87. The van der Waals surface area contributed by atoms with Crippen molar-refractivity contribution in [1.29, 1.82) is 0 Å². The first-order valence-corrected chi connectivity index (χ1v) is 10.2. The van der Waals surface area contributed by atoms with Gasteiger partial charge in [0.25, 0.3) is 5.91 Å². The molecule has 1 N–H and O–H groups in total. The molecule has 0 bridgehead atoms. The van der Waals surface area contributed by atoms with Crippen molar-refractivity contribution in [2.75, 3.05) is 11.1 Å². The molecule has 0 radical (unpaired) electrons. The predicted molar refractivity (Wildman–Crippen MR) is 105 cm³/mol. The van der Waals surface area contributed by atoms with Gasteiger partial charge in [0.05, 0.1) is 0 Å². The summed E-state index contributed by atoms with van der Waals surface area (Å²) in [5.74, 6) is 1.41. The Balaban J connectivity index is 1.99. The Bertz CT molecular complexity index is 693. The highest BCUT2D eigenvalue weighted by Crippen LogP contribution is 2.26. The molecule has 1 aromatic heterocycles. The molecule has 2 aromatic rings. The van der Waals surface area contributed by atoms with Gasteiger partial charge >= 0.3 is 0 Å². The van der Waals surface area contributed by atoms with E-state index in [0.29, 0.717) is 17.3 Å². The molecule has 0 saturated heterocycles. The van der Waals surface area contributed by atoms with Crippen LogP contribution in [0.25, 0.3) is 0 Å². The van der Waals surface area contributed by atoms with Gasteiger partial charge in [-0.25, -0.2) is 0 Å². The van der Waals surface area contributed by atoms with Crippen LogP contribution in [0.15, 0.2) is 28.6 Å². The van der Waals surface area contributed by atoms with Gasteiger partial charge in [0.15, 0.2) is 10.4 Å². The lowest BCUT2D eigenvalue weighted by Gasteiger charge is -2.20. The van der Waals surface area contributed by atoms with Crippen LogP contribution in [0.5, 0.6) is 5.75 Å². The molecule has 0 fully saturated rings. The lowest BCUT2D eigenvalue weighted by Crippen LogP contribution is -2.32. The van der Waals surface area contributed by atoms with E-state index in [1.807, 2.05) is 31.2 Å². The van der Waals surface area contributed by atoms with Gasteiger partial charge in [0.1, 0.15) is 5.75 Å². The summed E-state index contributed by atoms with van der Waals surface area (Å²) in [5.41, 5.74) is 1.32. The Morgan fingerprint density at radius 2 is 1.92 bits per heavy atom. The summed E-state index contributed by atoms with van der Waals surface area (Å²) in [4.78, 5) is 12.4. The van der Waals surface area contributed by atoms with Crippen molar-refractivity contribution >= 4 is 34.1 Å². The van der Waals surface area contributed by atoms with E-state index in [1.165, 1.54) is 16.9 Å². The number of aromatic nitrogens is 2. The summed E-state index contributed by atoms with van der Waals surface area (Å²) in [5, 5.41) is 11.3. The average molecular weight is 380 g/mol. The maximum atomic E-state index is 12.4. The van der Waals surface area contributed by atoms with Gasteiger partial charge in [0.2, 0.25) is 5.13 Å². The lowest BCUT2D eigenvalue weighted by molar-refractivity contribution is -0.122. The van der Waals surface area contributed by atoms with Crippen molar-refractivity contribution in [2.24, 2.45) is 0 Å². The number of ether oxygens (including phenoxy) is 1. The van der Waals surface area contributed by atoms with Gasteiger partial charge in [-0.15, -0.1) is 10.2 Å². The number of anilines is 1. The van der Waals surface area contributed by atoms with E-state index in [4.69, 9.17) is 4.74 Å². The van der Waals surface area contributed by atoms with Crippen molar-refractivity contribution in [3.05, 3.63) is 29.8 Å². The second kappa shape index (κ2) is 8.67. The Morgan fingerprint density at radius 3 is 2.48 bits per heavy atom. The number of nitrogens with zero attached hydrogens (tertiary/aromatic N) is 2. The molecule has 2 rings (SSSR count). The maximum absolute atomic E-state index is 12.4. The van der Waals surface area contributed by atoms with Crippen LogP contribution in [-0.2, 0) is 10.2 Å². The molecule has 136 valence electrons. The topological polar surface area (TPSA) is 64.1 Å². The molecule has 1 aromatic carbocycles. The minimum Gasteiger partial charge on any atom is -0.481 e. The van der Waals surface area contributed by atoms with Crippen LogP contribution in [0.3, 0.4) is 0 Å². The van der Waals surface area contributed by atoms with Gasteiger partial charge < -0.3 is 4.74 Å². The van der Waals surface area contributed by atoms with Gasteiger partial charge in [-0.3, -0.25) is 10.1 Å². The first-order valence-electron chi connectivity index (χ1n) is 8.37. The summed E-state index contributed by atoms with van der Waals surface area (Å²) >= 11 is 2.98. The van der Waals surface area contributed by atoms with E-state index < -0.39 is 6.10 Å². The van der Waals surface area contributed by atoms with Crippen LogP contribution in [-0.4, -0.2) is 28.0 Å². The van der Waals surface area contributed by atoms with Crippen LogP contribution in [0, 0.1) is 0 Å². The number of benzene rings is 1. The monoisotopic (exact) mass is 379 g/mol. The highest BCUT2D eigenvalue weighted by molar-refractivity contribution is 8.01. The van der Waals surface area contributed by atoms with Crippen LogP contribution in [0.1, 0.15) is 46.6 Å². The van der Waals surface area contributed by atoms with Crippen molar-refractivity contribution in [3.63, 3.8) is 0 Å². The van der Waals surface area contributed by atoms with E-state index in [1.54, 1.807) is 11.8 Å². The molecule has 0 saturated carbocycles. The maximum Gasteiger partial charge on any atom is 0.267 e. The first-order chi connectivity index (χ1) is 11.8. The fourth-order valence-corrected chi connectivity index (χ4v) is 3.80. The van der Waals surface area contributed by atoms with Crippen LogP contribution in [0.2, 0.25) is 0 Å². The zero-order chi connectivity index (χ0) is 18.4. The minimum atomic E-state index is -0.563. The summed E-state index contributed by atoms with van der Waals surface area (Å²) in [6.45, 7) is 10.5. The van der Waals surface area contributed by atoms with E-state index in [2.05, 4.69) is 43.2 Å². The molecule has 0 aliphatic carbocycles. The number of hydrogen-bond donors (Lipinski definition) is 1. The van der Waals surface area contributed by atoms with Crippen LogP contribution >= 0.6 is 23.1 Å². The summed E-state index contributed by atoms with van der Waals surface area (Å²) in [6, 6.07) is 7.91. The summed E-state index contributed by atoms with van der Waals surface area (Å²) < 4.78 is 6.71. The standard InChI is InChI=1S/C18H25N3O2S2/c1-6-14(15(22)19-16-20-21-17(25-16)24-7-2)23-13-10-8-12(9-11-13)18(3,4)5/h8-11,14H,6-7H2,1-5H3,(H,19,20,22). The average Bonchev–Trinajstić information content (AvgIpc) is 2.99. The Hall–Kier alpha value is -1.60. The molecular weight excluding hydrogens is 354 g/mol. The van der Waals surface area contributed by atoms with Gasteiger partial charge in [-0.2, -0.15) is 0 Å². The molecule has 1 atom stereocenters. The molecule has 5 nitrogen and oxygen atoms in total. The third-order valence-electron chi connectivity index (χ3n) is 3.57. The molecule has 1 unspecified atom stereocenters. The molecule has 0 spiro atoms. The summed E-state index contributed by atoms with van der Waals surface area (Å²) in [7, 11) is 0. The highest BCUT2D eigenvalue weighted by Gasteiger charge is 2.21. The van der Waals surface area contributed by atoms with Gasteiger partial charge in [-0.05, 0) is 35.3 Å². The normalized spacial score (nSPS) is 12.7. The Kier molecular flexibility index (Phi) is 6.84.